The lowest BCUT2D eigenvalue weighted by Gasteiger charge is -2.15. The smallest absolute Gasteiger partial charge is 0.406 e. The van der Waals surface area contributed by atoms with E-state index in [-0.39, 0.29) is 5.56 Å². The van der Waals surface area contributed by atoms with E-state index in [9.17, 15) is 18.0 Å². The highest BCUT2D eigenvalue weighted by molar-refractivity contribution is 5.91. The molecular formula is C12H10F3NO2. The van der Waals surface area contributed by atoms with Crippen LogP contribution in [0.15, 0.2) is 24.4 Å². The van der Waals surface area contributed by atoms with Gasteiger partial charge in [0, 0.05) is 22.7 Å². The molecule has 0 radical (unpaired) electrons. The van der Waals surface area contributed by atoms with Gasteiger partial charge in [-0.15, -0.1) is 0 Å². The van der Waals surface area contributed by atoms with Gasteiger partial charge in [-0.25, -0.2) is 0 Å². The van der Waals surface area contributed by atoms with Crippen molar-refractivity contribution < 1.29 is 23.1 Å². The summed E-state index contributed by atoms with van der Waals surface area (Å²) in [6.07, 6.45) is -3.70. The van der Waals surface area contributed by atoms with Crippen LogP contribution >= 0.6 is 0 Å². The highest BCUT2D eigenvalue weighted by Crippen LogP contribution is 2.38. The van der Waals surface area contributed by atoms with E-state index in [1.54, 1.807) is 19.1 Å². The minimum absolute atomic E-state index is 0.256. The van der Waals surface area contributed by atoms with Crippen molar-refractivity contribution in [1.82, 2.24) is 4.98 Å². The van der Waals surface area contributed by atoms with Crippen LogP contribution in [-0.2, 0) is 4.79 Å². The maximum Gasteiger partial charge on any atom is 0.406 e. The van der Waals surface area contributed by atoms with Crippen LogP contribution in [0.3, 0.4) is 0 Å². The molecule has 6 heteroatoms. The number of H-pyrrole nitrogens is 1. The molecule has 2 N–H and O–H groups in total. The first-order valence-corrected chi connectivity index (χ1v) is 5.18. The number of carboxylic acids is 1. The van der Waals surface area contributed by atoms with E-state index in [0.717, 1.165) is 11.8 Å². The second kappa shape index (κ2) is 4.04. The summed E-state index contributed by atoms with van der Waals surface area (Å²) < 4.78 is 38.3. The average molecular weight is 257 g/mol. The molecule has 0 aliphatic carbocycles. The van der Waals surface area contributed by atoms with Gasteiger partial charge in [-0.05, 0) is 12.5 Å². The summed E-state index contributed by atoms with van der Waals surface area (Å²) in [6, 6.07) is 4.83. The Labute approximate surface area is 100 Å². The lowest BCUT2D eigenvalue weighted by atomic mass is 9.97. The van der Waals surface area contributed by atoms with Crippen LogP contribution in [0.1, 0.15) is 17.0 Å². The van der Waals surface area contributed by atoms with Crippen LogP contribution in [0.4, 0.5) is 13.2 Å². The van der Waals surface area contributed by atoms with E-state index in [0.29, 0.717) is 10.9 Å². The van der Waals surface area contributed by atoms with Crippen molar-refractivity contribution in [2.45, 2.75) is 19.0 Å². The van der Waals surface area contributed by atoms with Crippen molar-refractivity contribution in [1.29, 1.82) is 0 Å². The zero-order valence-corrected chi connectivity index (χ0v) is 9.38. The number of rotatable bonds is 2. The molecule has 1 aromatic carbocycles. The summed E-state index contributed by atoms with van der Waals surface area (Å²) in [4.78, 5) is 13.5. The van der Waals surface area contributed by atoms with Crippen LogP contribution in [0.25, 0.3) is 10.9 Å². The van der Waals surface area contributed by atoms with Crippen molar-refractivity contribution >= 4 is 16.9 Å². The van der Waals surface area contributed by atoms with Crippen molar-refractivity contribution in [2.24, 2.45) is 0 Å². The Morgan fingerprint density at radius 2 is 2.06 bits per heavy atom. The van der Waals surface area contributed by atoms with E-state index in [4.69, 9.17) is 5.11 Å². The molecule has 96 valence electrons. The number of fused-ring (bicyclic) bond motifs is 1. The molecular weight excluding hydrogens is 247 g/mol. The van der Waals surface area contributed by atoms with E-state index in [1.165, 1.54) is 6.07 Å². The van der Waals surface area contributed by atoms with Gasteiger partial charge in [0.15, 0.2) is 5.92 Å². The van der Waals surface area contributed by atoms with Gasteiger partial charge in [-0.2, -0.15) is 13.2 Å². The molecule has 1 atom stereocenters. The molecule has 0 spiro atoms. The number of aryl methyl sites for hydroxylation is 1. The van der Waals surface area contributed by atoms with Gasteiger partial charge in [0.1, 0.15) is 0 Å². The fourth-order valence-corrected chi connectivity index (χ4v) is 2.02. The maximum atomic E-state index is 12.8. The predicted molar refractivity (Wildman–Crippen MR) is 59.5 cm³/mol. The largest absolute Gasteiger partial charge is 0.481 e. The fraction of sp³-hybridized carbons (Fsp3) is 0.250. The molecule has 0 aliphatic heterocycles. The Morgan fingerprint density at radius 3 is 2.61 bits per heavy atom. The molecule has 0 amide bonds. The normalized spacial score (nSPS) is 13.8. The van der Waals surface area contributed by atoms with E-state index in [2.05, 4.69) is 4.98 Å². The predicted octanol–water partition coefficient (Wildman–Crippen LogP) is 3.21. The number of aromatic nitrogens is 1. The number of carboxylic acid groups (broad SMARTS) is 1. The molecule has 0 fully saturated rings. The van der Waals surface area contributed by atoms with E-state index in [1.807, 2.05) is 0 Å². The SMILES string of the molecule is Cc1cccc2c([C@H](C(=O)O)C(F)(F)F)c[nH]c12. The molecule has 0 saturated heterocycles. The van der Waals surface area contributed by atoms with Gasteiger partial charge in [0.25, 0.3) is 0 Å². The third kappa shape index (κ3) is 1.94. The summed E-state index contributed by atoms with van der Waals surface area (Å²) in [7, 11) is 0. The number of hydrogen-bond donors (Lipinski definition) is 2. The number of halogens is 3. The second-order valence-electron chi connectivity index (χ2n) is 4.05. The van der Waals surface area contributed by atoms with E-state index < -0.39 is 18.1 Å². The van der Waals surface area contributed by atoms with Crippen LogP contribution in [0.2, 0.25) is 0 Å². The Morgan fingerprint density at radius 1 is 1.39 bits per heavy atom. The van der Waals surface area contributed by atoms with Crippen LogP contribution in [0, 0.1) is 6.92 Å². The van der Waals surface area contributed by atoms with Crippen molar-refractivity contribution in [2.75, 3.05) is 0 Å². The number of carbonyl (C=O) groups is 1. The molecule has 2 aromatic rings. The third-order valence-electron chi connectivity index (χ3n) is 2.84. The Kier molecular flexibility index (Phi) is 2.80. The Balaban J connectivity index is 2.66. The number of nitrogens with one attached hydrogen (secondary N) is 1. The number of aromatic amines is 1. The standard InChI is InChI=1S/C12H10F3NO2/c1-6-3-2-4-7-8(5-16-10(6)7)9(11(17)18)12(13,14)15/h2-5,9,16H,1H3,(H,17,18)/t9-/m1/s1. The van der Waals surface area contributed by atoms with Crippen LogP contribution in [-0.4, -0.2) is 22.2 Å². The summed E-state index contributed by atoms with van der Waals surface area (Å²) in [5.41, 5.74) is 1.04. The number of benzene rings is 1. The Hall–Kier alpha value is -1.98. The number of para-hydroxylation sites is 1. The number of alkyl halides is 3. The summed E-state index contributed by atoms with van der Waals surface area (Å²) in [6.45, 7) is 1.74. The van der Waals surface area contributed by atoms with Crippen molar-refractivity contribution in [3.05, 3.63) is 35.5 Å². The molecule has 0 aliphatic rings. The first-order valence-electron chi connectivity index (χ1n) is 5.18. The van der Waals surface area contributed by atoms with Gasteiger partial charge in [0.05, 0.1) is 0 Å². The van der Waals surface area contributed by atoms with Gasteiger partial charge < -0.3 is 10.1 Å². The van der Waals surface area contributed by atoms with Crippen LogP contribution < -0.4 is 0 Å². The summed E-state index contributed by atoms with van der Waals surface area (Å²) in [5, 5.41) is 9.07. The highest BCUT2D eigenvalue weighted by atomic mass is 19.4. The molecule has 3 nitrogen and oxygen atoms in total. The highest BCUT2D eigenvalue weighted by Gasteiger charge is 2.47. The molecule has 2 rings (SSSR count). The molecule has 0 saturated carbocycles. The maximum absolute atomic E-state index is 12.8. The second-order valence-corrected chi connectivity index (χ2v) is 4.05. The van der Waals surface area contributed by atoms with Crippen LogP contribution in [0.5, 0.6) is 0 Å². The topological polar surface area (TPSA) is 53.1 Å². The molecule has 0 bridgehead atoms. The molecule has 0 unspecified atom stereocenters. The third-order valence-corrected chi connectivity index (χ3v) is 2.84. The van der Waals surface area contributed by atoms with Gasteiger partial charge in [-0.1, -0.05) is 18.2 Å². The zero-order valence-electron chi connectivity index (χ0n) is 9.38. The molecule has 1 aromatic heterocycles. The van der Waals surface area contributed by atoms with E-state index >= 15 is 0 Å². The summed E-state index contributed by atoms with van der Waals surface area (Å²) in [5.74, 6) is -4.40. The fourth-order valence-electron chi connectivity index (χ4n) is 2.02. The van der Waals surface area contributed by atoms with Gasteiger partial charge >= 0.3 is 12.1 Å². The summed E-state index contributed by atoms with van der Waals surface area (Å²) >= 11 is 0. The quantitative estimate of drug-likeness (QED) is 0.867. The first kappa shape index (κ1) is 12.5. The van der Waals surface area contributed by atoms with Gasteiger partial charge in [0.2, 0.25) is 0 Å². The minimum atomic E-state index is -4.81. The zero-order chi connectivity index (χ0) is 13.5. The lowest BCUT2D eigenvalue weighted by molar-refractivity contribution is -0.176. The lowest BCUT2D eigenvalue weighted by Crippen LogP contribution is -2.28. The van der Waals surface area contributed by atoms with Crippen molar-refractivity contribution in [3.8, 4) is 0 Å². The Bertz CT molecular complexity index is 601. The average Bonchev–Trinajstić information content (AvgIpc) is 2.61. The molecule has 1 heterocycles. The number of aliphatic carboxylic acids is 1. The number of hydrogen-bond acceptors (Lipinski definition) is 1. The minimum Gasteiger partial charge on any atom is -0.481 e. The van der Waals surface area contributed by atoms with Gasteiger partial charge in [-0.3, -0.25) is 4.79 Å². The molecule has 18 heavy (non-hydrogen) atoms. The first-order chi connectivity index (χ1) is 8.32. The van der Waals surface area contributed by atoms with Crippen molar-refractivity contribution in [3.63, 3.8) is 0 Å². The monoisotopic (exact) mass is 257 g/mol.